The fourth-order valence-corrected chi connectivity index (χ4v) is 4.27. The Morgan fingerprint density at radius 2 is 1.83 bits per heavy atom. The van der Waals surface area contributed by atoms with Gasteiger partial charge in [0.2, 0.25) is 11.7 Å². The van der Waals surface area contributed by atoms with Crippen LogP contribution in [0.2, 0.25) is 0 Å². The summed E-state index contributed by atoms with van der Waals surface area (Å²) in [7, 11) is 1.56. The smallest absolute Gasteiger partial charge is 0.263 e. The quantitative estimate of drug-likeness (QED) is 0.438. The SMILES string of the molecule is CCOc1ccc(-c2noc(CN3N=N[C@H]4C(=O)N(c5ccc(C(C)C)cc5)C(=O)[C@H]43)n2)cc1OC. The van der Waals surface area contributed by atoms with E-state index in [-0.39, 0.29) is 18.3 Å². The minimum absolute atomic E-state index is 0.0327. The minimum atomic E-state index is -0.903. The fraction of sp³-hybridized carbons (Fsp3) is 0.360. The fourth-order valence-electron chi connectivity index (χ4n) is 4.27. The van der Waals surface area contributed by atoms with Crippen LogP contribution in [0.3, 0.4) is 0 Å². The molecule has 0 bridgehead atoms. The number of carbonyl (C=O) groups is 2. The molecule has 2 atom stereocenters. The molecule has 11 nitrogen and oxygen atoms in total. The summed E-state index contributed by atoms with van der Waals surface area (Å²) in [5.41, 5.74) is 2.31. The minimum Gasteiger partial charge on any atom is -0.493 e. The average Bonchev–Trinajstić information content (AvgIpc) is 3.57. The summed E-state index contributed by atoms with van der Waals surface area (Å²) in [6, 6.07) is 11.0. The zero-order valence-electron chi connectivity index (χ0n) is 20.4. The molecule has 3 heterocycles. The summed E-state index contributed by atoms with van der Waals surface area (Å²) in [6.45, 7) is 6.60. The Balaban J connectivity index is 1.32. The van der Waals surface area contributed by atoms with Gasteiger partial charge in [0.1, 0.15) is 6.54 Å². The number of nitrogens with zero attached hydrogens (tertiary/aromatic N) is 6. The summed E-state index contributed by atoms with van der Waals surface area (Å²) >= 11 is 0. The third kappa shape index (κ3) is 4.06. The normalized spacial score (nSPS) is 18.9. The van der Waals surface area contributed by atoms with Crippen LogP contribution in [0.15, 0.2) is 57.3 Å². The topological polar surface area (TPSA) is 123 Å². The van der Waals surface area contributed by atoms with Crippen molar-refractivity contribution in [3.8, 4) is 22.9 Å². The van der Waals surface area contributed by atoms with Gasteiger partial charge in [0.15, 0.2) is 23.6 Å². The Hall–Kier alpha value is -4.28. The lowest BCUT2D eigenvalue weighted by atomic mass is 10.0. The molecule has 5 rings (SSSR count). The van der Waals surface area contributed by atoms with Crippen LogP contribution >= 0.6 is 0 Å². The predicted molar refractivity (Wildman–Crippen MR) is 128 cm³/mol. The van der Waals surface area contributed by atoms with E-state index in [1.807, 2.05) is 19.1 Å². The van der Waals surface area contributed by atoms with Crippen molar-refractivity contribution in [1.29, 1.82) is 0 Å². The maximum atomic E-state index is 13.3. The van der Waals surface area contributed by atoms with Crippen molar-refractivity contribution in [1.82, 2.24) is 15.1 Å². The second-order valence-electron chi connectivity index (χ2n) is 8.76. The maximum absolute atomic E-state index is 13.3. The first kappa shape index (κ1) is 23.5. The molecule has 0 N–H and O–H groups in total. The first-order chi connectivity index (χ1) is 17.4. The van der Waals surface area contributed by atoms with E-state index in [0.717, 1.165) is 5.56 Å². The summed E-state index contributed by atoms with van der Waals surface area (Å²) in [4.78, 5) is 31.8. The number of rotatable bonds is 8. The van der Waals surface area contributed by atoms with E-state index in [4.69, 9.17) is 14.0 Å². The molecular weight excluding hydrogens is 464 g/mol. The van der Waals surface area contributed by atoms with Gasteiger partial charge >= 0.3 is 0 Å². The maximum Gasteiger partial charge on any atom is 0.263 e. The zero-order valence-corrected chi connectivity index (χ0v) is 20.4. The Labute approximate surface area is 207 Å². The number of benzene rings is 2. The summed E-state index contributed by atoms with van der Waals surface area (Å²) in [5, 5.41) is 13.6. The standard InChI is InChI=1S/C25H26N6O5/c1-5-35-18-11-8-16(12-19(18)34-4)23-26-20(36-28-23)13-30-22-21(27-29-30)24(32)31(25(22)33)17-9-6-15(7-10-17)14(2)3/h6-12,14,21-22H,5,13H2,1-4H3/t21-,22+/m1/s1. The molecule has 2 aromatic carbocycles. The Morgan fingerprint density at radius 1 is 1.06 bits per heavy atom. The molecule has 36 heavy (non-hydrogen) atoms. The van der Waals surface area contributed by atoms with E-state index in [1.54, 1.807) is 37.4 Å². The molecule has 2 aliphatic rings. The van der Waals surface area contributed by atoms with Crippen LogP contribution in [-0.4, -0.2) is 52.8 Å². The van der Waals surface area contributed by atoms with Crippen molar-refractivity contribution in [2.75, 3.05) is 18.6 Å². The van der Waals surface area contributed by atoms with E-state index >= 15 is 0 Å². The van der Waals surface area contributed by atoms with E-state index in [9.17, 15) is 9.59 Å². The number of anilines is 1. The van der Waals surface area contributed by atoms with Gasteiger partial charge in [0, 0.05) is 5.56 Å². The van der Waals surface area contributed by atoms with Crippen molar-refractivity contribution >= 4 is 17.5 Å². The summed E-state index contributed by atoms with van der Waals surface area (Å²) in [5.74, 6) is 1.30. The van der Waals surface area contributed by atoms with Crippen LogP contribution in [0.4, 0.5) is 5.69 Å². The lowest BCUT2D eigenvalue weighted by Crippen LogP contribution is -2.39. The van der Waals surface area contributed by atoms with Crippen LogP contribution in [-0.2, 0) is 16.1 Å². The van der Waals surface area contributed by atoms with Crippen molar-refractivity contribution in [2.24, 2.45) is 10.3 Å². The number of aromatic nitrogens is 2. The molecular formula is C25H26N6O5. The molecule has 1 aromatic heterocycles. The Kier molecular flexibility index (Phi) is 6.13. The number of ether oxygens (including phenoxy) is 2. The summed E-state index contributed by atoms with van der Waals surface area (Å²) < 4.78 is 16.3. The van der Waals surface area contributed by atoms with Crippen molar-refractivity contribution in [3.05, 3.63) is 53.9 Å². The Bertz CT molecular complexity index is 1320. The number of methoxy groups -OCH3 is 1. The first-order valence-electron chi connectivity index (χ1n) is 11.7. The molecule has 0 spiro atoms. The van der Waals surface area contributed by atoms with Gasteiger partial charge in [0.25, 0.3) is 11.8 Å². The summed E-state index contributed by atoms with van der Waals surface area (Å²) in [6.07, 6.45) is 0. The monoisotopic (exact) mass is 490 g/mol. The highest BCUT2D eigenvalue weighted by Gasteiger charge is 2.55. The highest BCUT2D eigenvalue weighted by molar-refractivity contribution is 6.25. The van der Waals surface area contributed by atoms with E-state index in [0.29, 0.717) is 41.1 Å². The lowest BCUT2D eigenvalue weighted by molar-refractivity contribution is -0.123. The molecule has 1 saturated heterocycles. The zero-order chi connectivity index (χ0) is 25.4. The third-order valence-electron chi connectivity index (χ3n) is 6.16. The molecule has 0 saturated carbocycles. The van der Waals surface area contributed by atoms with Crippen molar-refractivity contribution in [3.63, 3.8) is 0 Å². The number of hydrogen-bond acceptors (Lipinski definition) is 10. The van der Waals surface area contributed by atoms with Crippen LogP contribution < -0.4 is 14.4 Å². The molecule has 2 aliphatic heterocycles. The average molecular weight is 491 g/mol. The lowest BCUT2D eigenvalue weighted by Gasteiger charge is -2.19. The number of fused-ring (bicyclic) bond motifs is 1. The van der Waals surface area contributed by atoms with Gasteiger partial charge in [-0.2, -0.15) is 10.1 Å². The Morgan fingerprint density at radius 3 is 2.53 bits per heavy atom. The molecule has 2 amide bonds. The number of amides is 2. The number of carbonyl (C=O) groups excluding carboxylic acids is 2. The molecule has 0 aliphatic carbocycles. The van der Waals surface area contributed by atoms with Crippen molar-refractivity contribution in [2.45, 2.75) is 45.3 Å². The molecule has 0 unspecified atom stereocenters. The predicted octanol–water partition coefficient (Wildman–Crippen LogP) is 3.76. The highest BCUT2D eigenvalue weighted by atomic mass is 16.5. The molecule has 0 radical (unpaired) electrons. The van der Waals surface area contributed by atoms with E-state index < -0.39 is 18.0 Å². The molecule has 1 fully saturated rings. The van der Waals surface area contributed by atoms with Gasteiger partial charge in [-0.05, 0) is 48.7 Å². The second kappa shape index (κ2) is 9.40. The third-order valence-corrected chi connectivity index (χ3v) is 6.16. The van der Waals surface area contributed by atoms with Crippen LogP contribution in [0.1, 0.15) is 38.1 Å². The van der Waals surface area contributed by atoms with Gasteiger partial charge < -0.3 is 14.0 Å². The second-order valence-corrected chi connectivity index (χ2v) is 8.76. The van der Waals surface area contributed by atoms with Gasteiger partial charge in [0.05, 0.1) is 19.4 Å². The molecule has 11 heteroatoms. The van der Waals surface area contributed by atoms with Gasteiger partial charge in [-0.1, -0.05) is 36.4 Å². The van der Waals surface area contributed by atoms with E-state index in [1.165, 1.54) is 9.91 Å². The van der Waals surface area contributed by atoms with Crippen LogP contribution in [0, 0.1) is 0 Å². The van der Waals surface area contributed by atoms with Gasteiger partial charge in [-0.15, -0.1) is 0 Å². The van der Waals surface area contributed by atoms with E-state index in [2.05, 4.69) is 34.3 Å². The number of hydrogen-bond donors (Lipinski definition) is 0. The first-order valence-corrected chi connectivity index (χ1v) is 11.7. The van der Waals surface area contributed by atoms with Crippen LogP contribution in [0.5, 0.6) is 11.5 Å². The largest absolute Gasteiger partial charge is 0.493 e. The van der Waals surface area contributed by atoms with Crippen LogP contribution in [0.25, 0.3) is 11.4 Å². The van der Waals surface area contributed by atoms with Crippen molar-refractivity contribution < 1.29 is 23.6 Å². The molecule has 186 valence electrons. The van der Waals surface area contributed by atoms with Gasteiger partial charge in [-0.25, -0.2) is 4.90 Å². The number of imide groups is 1. The highest BCUT2D eigenvalue weighted by Crippen LogP contribution is 2.34. The van der Waals surface area contributed by atoms with Gasteiger partial charge in [-0.3, -0.25) is 14.6 Å². The molecule has 3 aromatic rings.